The van der Waals surface area contributed by atoms with Gasteiger partial charge in [-0.2, -0.15) is 0 Å². The maximum absolute atomic E-state index is 13.2. The number of fused-ring (bicyclic) bond motifs is 1. The Kier molecular flexibility index (Phi) is 8.77. The maximum atomic E-state index is 13.2. The fourth-order valence-corrected chi connectivity index (χ4v) is 4.28. The van der Waals surface area contributed by atoms with Crippen LogP contribution in [-0.4, -0.2) is 18.4 Å². The molecule has 4 rings (SSSR count). The van der Waals surface area contributed by atoms with Crippen LogP contribution < -0.4 is 15.6 Å². The van der Waals surface area contributed by atoms with Crippen molar-refractivity contribution in [1.82, 2.24) is 0 Å². The Morgan fingerprint density at radius 1 is 1.05 bits per heavy atom. The zero-order valence-corrected chi connectivity index (χ0v) is 22.2. The number of carbonyl (C=O) groups is 1. The van der Waals surface area contributed by atoms with Gasteiger partial charge in [-0.15, -0.1) is 0 Å². The predicted octanol–water partition coefficient (Wildman–Crippen LogP) is 6.80. The molecule has 1 aromatic heterocycles. The zero-order valence-electron chi connectivity index (χ0n) is 22.2. The van der Waals surface area contributed by atoms with Gasteiger partial charge in [-0.25, -0.2) is 4.79 Å². The van der Waals surface area contributed by atoms with E-state index in [4.69, 9.17) is 9.15 Å². The van der Waals surface area contributed by atoms with E-state index in [0.29, 0.717) is 33.7 Å². The van der Waals surface area contributed by atoms with Crippen molar-refractivity contribution in [1.29, 1.82) is 0 Å². The van der Waals surface area contributed by atoms with E-state index in [1.807, 2.05) is 72.2 Å². The van der Waals surface area contributed by atoms with Crippen molar-refractivity contribution >= 4 is 29.7 Å². The van der Waals surface area contributed by atoms with Crippen molar-refractivity contribution in [2.75, 3.05) is 0 Å². The largest absolute Gasteiger partial charge is 0.478 e. The second-order valence-electron chi connectivity index (χ2n) is 8.79. The van der Waals surface area contributed by atoms with E-state index in [-0.39, 0.29) is 16.8 Å². The Hall–Kier alpha value is -4.06. The van der Waals surface area contributed by atoms with E-state index >= 15 is 0 Å². The van der Waals surface area contributed by atoms with Gasteiger partial charge in [0.05, 0.1) is 16.7 Å². The van der Waals surface area contributed by atoms with Crippen molar-refractivity contribution < 1.29 is 19.1 Å². The SMILES string of the molecule is C=C(C)Oc1cccc(-c2cc(=O)c3cc(C)cc(C(C)[B]c4ccccc4C(=O)O)c3o2)c1C.CC. The molecule has 1 heterocycles. The first-order valence-corrected chi connectivity index (χ1v) is 12.3. The molecule has 189 valence electrons. The molecule has 1 N–H and O–H groups in total. The maximum Gasteiger partial charge on any atom is 0.335 e. The Bertz CT molecular complexity index is 1520. The summed E-state index contributed by atoms with van der Waals surface area (Å²) in [4.78, 5) is 24.9. The number of carboxylic acid groups (broad SMARTS) is 1. The van der Waals surface area contributed by atoms with E-state index in [1.165, 1.54) is 6.07 Å². The molecule has 0 aliphatic heterocycles. The topological polar surface area (TPSA) is 76.7 Å². The molecule has 5 nitrogen and oxygen atoms in total. The number of carboxylic acids is 1. The molecule has 4 aromatic rings. The minimum atomic E-state index is -0.987. The van der Waals surface area contributed by atoms with E-state index in [9.17, 15) is 14.7 Å². The molecule has 0 spiro atoms. The summed E-state index contributed by atoms with van der Waals surface area (Å²) in [6, 6.07) is 17.7. The minimum Gasteiger partial charge on any atom is -0.478 e. The molecular formula is C31H32BO5. The van der Waals surface area contributed by atoms with E-state index in [0.717, 1.165) is 22.3 Å². The van der Waals surface area contributed by atoms with Crippen LogP contribution in [0.4, 0.5) is 0 Å². The predicted molar refractivity (Wildman–Crippen MR) is 151 cm³/mol. The van der Waals surface area contributed by atoms with E-state index < -0.39 is 5.97 Å². The van der Waals surface area contributed by atoms with Crippen molar-refractivity contribution in [2.45, 2.75) is 47.4 Å². The van der Waals surface area contributed by atoms with Crippen LogP contribution in [0.25, 0.3) is 22.3 Å². The summed E-state index contributed by atoms with van der Waals surface area (Å²) >= 11 is 0. The third kappa shape index (κ3) is 6.03. The van der Waals surface area contributed by atoms with Crippen LogP contribution >= 0.6 is 0 Å². The van der Waals surface area contributed by atoms with Crippen LogP contribution in [0.15, 0.2) is 82.2 Å². The van der Waals surface area contributed by atoms with E-state index in [2.05, 4.69) is 6.58 Å². The van der Waals surface area contributed by atoms with Crippen LogP contribution in [0, 0.1) is 13.8 Å². The highest BCUT2D eigenvalue weighted by Crippen LogP contribution is 2.34. The number of hydrogen-bond donors (Lipinski definition) is 1. The first-order chi connectivity index (χ1) is 17.7. The Morgan fingerprint density at radius 3 is 2.43 bits per heavy atom. The lowest BCUT2D eigenvalue weighted by atomic mass is 9.56. The van der Waals surface area contributed by atoms with Crippen LogP contribution in [0.3, 0.4) is 0 Å². The summed E-state index contributed by atoms with van der Waals surface area (Å²) in [5.74, 6) is 0.452. The normalized spacial score (nSPS) is 11.3. The fourth-order valence-electron chi connectivity index (χ4n) is 4.28. The van der Waals surface area contributed by atoms with Gasteiger partial charge in [-0.1, -0.05) is 69.2 Å². The molecule has 0 aliphatic carbocycles. The molecule has 6 heteroatoms. The third-order valence-corrected chi connectivity index (χ3v) is 5.95. The quantitative estimate of drug-likeness (QED) is 0.225. The highest BCUT2D eigenvalue weighted by molar-refractivity contribution is 6.57. The van der Waals surface area contributed by atoms with Crippen molar-refractivity contribution in [2.24, 2.45) is 0 Å². The Labute approximate surface area is 218 Å². The van der Waals surface area contributed by atoms with Gasteiger partial charge in [-0.05, 0) is 55.9 Å². The first-order valence-electron chi connectivity index (χ1n) is 12.3. The number of ether oxygens (including phenoxy) is 1. The van der Waals surface area contributed by atoms with E-state index in [1.54, 1.807) is 31.2 Å². The average molecular weight is 495 g/mol. The molecule has 1 atom stereocenters. The zero-order chi connectivity index (χ0) is 27.3. The van der Waals surface area contributed by atoms with Crippen molar-refractivity contribution in [3.63, 3.8) is 0 Å². The second-order valence-corrected chi connectivity index (χ2v) is 8.79. The van der Waals surface area contributed by atoms with Gasteiger partial charge < -0.3 is 14.3 Å². The van der Waals surface area contributed by atoms with Gasteiger partial charge in [0.1, 0.15) is 17.1 Å². The minimum absolute atomic E-state index is 0.144. The first kappa shape index (κ1) is 27.5. The smallest absolute Gasteiger partial charge is 0.335 e. The highest BCUT2D eigenvalue weighted by atomic mass is 16.5. The lowest BCUT2D eigenvalue weighted by Gasteiger charge is -2.17. The lowest BCUT2D eigenvalue weighted by molar-refractivity contribution is 0.0698. The van der Waals surface area contributed by atoms with Gasteiger partial charge in [-0.3, -0.25) is 4.79 Å². The fraction of sp³-hybridized carbons (Fsp3) is 0.226. The van der Waals surface area contributed by atoms with Crippen LogP contribution in [0.2, 0.25) is 0 Å². The summed E-state index contributed by atoms with van der Waals surface area (Å²) < 4.78 is 12.1. The molecule has 1 radical (unpaired) electrons. The molecule has 0 saturated heterocycles. The van der Waals surface area contributed by atoms with Gasteiger partial charge in [0, 0.05) is 17.2 Å². The summed E-state index contributed by atoms with van der Waals surface area (Å²) in [5.41, 5.74) is 4.50. The Balaban J connectivity index is 0.00000186. The molecule has 1 unspecified atom stereocenters. The van der Waals surface area contributed by atoms with Crippen LogP contribution in [0.5, 0.6) is 5.75 Å². The van der Waals surface area contributed by atoms with Gasteiger partial charge >= 0.3 is 5.97 Å². The van der Waals surface area contributed by atoms with Crippen LogP contribution in [-0.2, 0) is 0 Å². The number of hydrogen-bond acceptors (Lipinski definition) is 4. The molecule has 0 amide bonds. The van der Waals surface area contributed by atoms with Crippen LogP contribution in [0.1, 0.15) is 60.6 Å². The standard InChI is InChI=1S/C29H26BO5.C2H6/c1-16(2)34-26-12-8-10-20(18(26)4)27-15-25(31)23-14-17(3)13-22(28(23)35-27)19(5)30-24-11-7-6-9-21(24)29(32)33;1-2/h6-15,19H,1H2,2-5H3,(H,32,33);1-2H3. The third-order valence-electron chi connectivity index (χ3n) is 5.95. The Morgan fingerprint density at radius 2 is 1.76 bits per heavy atom. The summed E-state index contributed by atoms with van der Waals surface area (Å²) in [6.45, 7) is 15.4. The number of rotatable bonds is 7. The van der Waals surface area contributed by atoms with Gasteiger partial charge in [0.15, 0.2) is 12.7 Å². The van der Waals surface area contributed by atoms with Crippen molar-refractivity contribution in [3.05, 3.63) is 105 Å². The van der Waals surface area contributed by atoms with Crippen molar-refractivity contribution in [3.8, 4) is 17.1 Å². The number of aryl methyl sites for hydroxylation is 1. The lowest BCUT2D eigenvalue weighted by Crippen LogP contribution is -2.26. The summed E-state index contributed by atoms with van der Waals surface area (Å²) in [6.07, 6.45) is 0. The highest BCUT2D eigenvalue weighted by Gasteiger charge is 2.20. The molecule has 0 fully saturated rings. The molecular weight excluding hydrogens is 463 g/mol. The second kappa shape index (κ2) is 11.8. The number of benzene rings is 3. The molecule has 3 aromatic carbocycles. The number of aromatic carboxylic acids is 1. The average Bonchev–Trinajstić information content (AvgIpc) is 2.86. The molecule has 0 saturated carbocycles. The van der Waals surface area contributed by atoms with Gasteiger partial charge in [0.2, 0.25) is 0 Å². The molecule has 0 aliphatic rings. The monoisotopic (exact) mass is 495 g/mol. The number of allylic oxidation sites excluding steroid dienone is 1. The molecule has 0 bridgehead atoms. The summed E-state index contributed by atoms with van der Waals surface area (Å²) in [7, 11) is 1.89. The summed E-state index contributed by atoms with van der Waals surface area (Å²) in [5, 5.41) is 10.1. The van der Waals surface area contributed by atoms with Gasteiger partial charge in [0.25, 0.3) is 0 Å². The molecule has 37 heavy (non-hydrogen) atoms.